The summed E-state index contributed by atoms with van der Waals surface area (Å²) in [5.41, 5.74) is 6.99. The molecule has 0 spiro atoms. The van der Waals surface area contributed by atoms with E-state index in [1.54, 1.807) is 13.3 Å². The summed E-state index contributed by atoms with van der Waals surface area (Å²) in [7, 11) is 1.70. The zero-order chi connectivity index (χ0) is 28.8. The molecule has 3 N–H and O–H groups in total. The van der Waals surface area contributed by atoms with Crippen molar-refractivity contribution in [3.8, 4) is 11.3 Å². The molecule has 0 bridgehead atoms. The van der Waals surface area contributed by atoms with E-state index < -0.39 is 0 Å². The van der Waals surface area contributed by atoms with E-state index in [1.807, 2.05) is 77.5 Å². The number of anilines is 3. The third-order valence-electron chi connectivity index (χ3n) is 6.83. The van der Waals surface area contributed by atoms with Crippen molar-refractivity contribution in [2.75, 3.05) is 30.9 Å². The third kappa shape index (κ3) is 6.98. The van der Waals surface area contributed by atoms with Crippen LogP contribution in [0.15, 0.2) is 91.4 Å². The van der Waals surface area contributed by atoms with Gasteiger partial charge in [0.1, 0.15) is 0 Å². The minimum atomic E-state index is -0.152. The van der Waals surface area contributed by atoms with Gasteiger partial charge in [-0.1, -0.05) is 57.2 Å². The molecule has 8 heteroatoms. The van der Waals surface area contributed by atoms with E-state index in [-0.39, 0.29) is 11.3 Å². The zero-order valence-electron chi connectivity index (χ0n) is 23.9. The summed E-state index contributed by atoms with van der Waals surface area (Å²) in [6.07, 6.45) is 5.59. The van der Waals surface area contributed by atoms with Gasteiger partial charge in [0, 0.05) is 61.3 Å². The molecule has 41 heavy (non-hydrogen) atoms. The highest BCUT2D eigenvalue weighted by Gasteiger charge is 2.15. The topological polar surface area (TPSA) is 92.6 Å². The largest absolute Gasteiger partial charge is 0.383 e. The minimum absolute atomic E-state index is 0.0331. The predicted octanol–water partition coefficient (Wildman–Crippen LogP) is 6.43. The van der Waals surface area contributed by atoms with Gasteiger partial charge in [-0.05, 0) is 52.9 Å². The van der Waals surface area contributed by atoms with Crippen LogP contribution in [0.5, 0.6) is 0 Å². The summed E-state index contributed by atoms with van der Waals surface area (Å²) in [6.45, 7) is 8.73. The fraction of sp³-hybridized carbons (Fsp3) is 0.242. The maximum atomic E-state index is 13.0. The van der Waals surface area contributed by atoms with Crippen LogP contribution < -0.4 is 16.0 Å². The van der Waals surface area contributed by atoms with E-state index in [4.69, 9.17) is 9.72 Å². The van der Waals surface area contributed by atoms with E-state index >= 15 is 0 Å². The van der Waals surface area contributed by atoms with Gasteiger partial charge in [0.25, 0.3) is 5.91 Å². The van der Waals surface area contributed by atoms with Crippen LogP contribution in [-0.2, 0) is 16.7 Å². The molecule has 5 aromatic rings. The molecule has 0 saturated heterocycles. The summed E-state index contributed by atoms with van der Waals surface area (Å²) in [6, 6.07) is 23.7. The molecular weight excluding hydrogens is 512 g/mol. The number of carbonyl (C=O) groups is 1. The molecule has 0 aliphatic heterocycles. The number of hydrogen-bond donors (Lipinski definition) is 3. The van der Waals surface area contributed by atoms with E-state index in [2.05, 4.69) is 53.8 Å². The Bertz CT molecular complexity index is 1620. The van der Waals surface area contributed by atoms with Crippen LogP contribution in [-0.4, -0.2) is 40.5 Å². The summed E-state index contributed by atoms with van der Waals surface area (Å²) in [4.78, 5) is 22.4. The van der Waals surface area contributed by atoms with Crippen molar-refractivity contribution in [3.63, 3.8) is 0 Å². The molecule has 0 radical (unpaired) electrons. The van der Waals surface area contributed by atoms with E-state index in [1.165, 1.54) is 11.1 Å². The number of fused-ring (bicyclic) bond motifs is 1. The lowest BCUT2D eigenvalue weighted by atomic mass is 9.87. The summed E-state index contributed by atoms with van der Waals surface area (Å²) in [5.74, 6) is 0.493. The van der Waals surface area contributed by atoms with Crippen molar-refractivity contribution in [1.82, 2.24) is 19.7 Å². The van der Waals surface area contributed by atoms with Gasteiger partial charge in [0.2, 0.25) is 0 Å². The quantitative estimate of drug-likeness (QED) is 0.174. The van der Waals surface area contributed by atoms with Crippen LogP contribution >= 0.6 is 0 Å². The van der Waals surface area contributed by atoms with Gasteiger partial charge in [-0.15, -0.1) is 0 Å². The van der Waals surface area contributed by atoms with Crippen molar-refractivity contribution in [3.05, 3.63) is 108 Å². The fourth-order valence-electron chi connectivity index (χ4n) is 4.49. The molecule has 0 saturated carbocycles. The number of nitrogens with zero attached hydrogens (tertiary/aromatic N) is 3. The molecule has 0 aliphatic rings. The van der Waals surface area contributed by atoms with E-state index in [0.717, 1.165) is 35.7 Å². The second-order valence-electron chi connectivity index (χ2n) is 11.0. The number of nitrogens with one attached hydrogen (secondary N) is 3. The van der Waals surface area contributed by atoms with Gasteiger partial charge in [0.15, 0.2) is 11.5 Å². The van der Waals surface area contributed by atoms with Gasteiger partial charge >= 0.3 is 0 Å². The van der Waals surface area contributed by atoms with Crippen molar-refractivity contribution in [1.29, 1.82) is 0 Å². The Morgan fingerprint density at radius 3 is 2.49 bits per heavy atom. The Morgan fingerprint density at radius 1 is 0.976 bits per heavy atom. The molecule has 5 rings (SSSR count). The predicted molar refractivity (Wildman–Crippen MR) is 165 cm³/mol. The van der Waals surface area contributed by atoms with Gasteiger partial charge in [-0.25, -0.2) is 9.97 Å². The first-order valence-electron chi connectivity index (χ1n) is 13.7. The third-order valence-corrected chi connectivity index (χ3v) is 6.83. The monoisotopic (exact) mass is 548 g/mol. The molecule has 0 aliphatic carbocycles. The first kappa shape index (κ1) is 28.0. The lowest BCUT2D eigenvalue weighted by Gasteiger charge is -2.19. The first-order chi connectivity index (χ1) is 19.8. The maximum absolute atomic E-state index is 13.0. The van der Waals surface area contributed by atoms with Crippen LogP contribution in [0, 0.1) is 0 Å². The van der Waals surface area contributed by atoms with Crippen molar-refractivity contribution >= 4 is 28.7 Å². The number of ether oxygens (including phenoxy) is 1. The lowest BCUT2D eigenvalue weighted by Crippen LogP contribution is -2.18. The van der Waals surface area contributed by atoms with Gasteiger partial charge in [0.05, 0.1) is 12.3 Å². The van der Waals surface area contributed by atoms with Gasteiger partial charge < -0.3 is 25.1 Å². The SMILES string of the molecule is COCCNCc1ccc(Nc2nc(-c3cccc(NC(=O)c4ccc(C(C)(C)C)cc4)c3)cn3ccnc23)cc1. The zero-order valence-corrected chi connectivity index (χ0v) is 23.9. The molecule has 2 aromatic heterocycles. The second kappa shape index (κ2) is 12.3. The number of aromatic nitrogens is 3. The number of amides is 1. The number of imidazole rings is 1. The number of carbonyl (C=O) groups excluding carboxylic acids is 1. The van der Waals surface area contributed by atoms with E-state index in [9.17, 15) is 4.79 Å². The summed E-state index contributed by atoms with van der Waals surface area (Å²) < 4.78 is 7.03. The molecule has 2 heterocycles. The molecule has 3 aromatic carbocycles. The first-order valence-corrected chi connectivity index (χ1v) is 13.7. The van der Waals surface area contributed by atoms with E-state index in [0.29, 0.717) is 23.7 Å². The summed E-state index contributed by atoms with van der Waals surface area (Å²) >= 11 is 0. The Kier molecular flexibility index (Phi) is 8.42. The number of hydrogen-bond acceptors (Lipinski definition) is 6. The number of benzene rings is 3. The van der Waals surface area contributed by atoms with Crippen molar-refractivity contribution in [2.24, 2.45) is 0 Å². The highest BCUT2D eigenvalue weighted by atomic mass is 16.5. The molecule has 0 unspecified atom stereocenters. The molecular formula is C33H36N6O2. The van der Waals surface area contributed by atoms with Crippen molar-refractivity contribution in [2.45, 2.75) is 32.7 Å². The standard InChI is InChI=1S/C33H36N6O2/c1-33(2,3)26-12-10-24(11-13-26)32(40)37-28-7-5-6-25(20-28)29-22-39-18-16-35-31(39)30(38-29)36-27-14-8-23(9-15-27)21-34-17-19-41-4/h5-16,18,20,22,34H,17,19,21H2,1-4H3,(H,36,38)(H,37,40). The average molecular weight is 549 g/mol. The molecule has 8 nitrogen and oxygen atoms in total. The van der Waals surface area contributed by atoms with Crippen molar-refractivity contribution < 1.29 is 9.53 Å². The highest BCUT2D eigenvalue weighted by molar-refractivity contribution is 6.04. The molecule has 1 amide bonds. The fourth-order valence-corrected chi connectivity index (χ4v) is 4.49. The Labute approximate surface area is 240 Å². The van der Waals surface area contributed by atoms with Crippen LogP contribution in [0.4, 0.5) is 17.2 Å². The normalized spacial score (nSPS) is 11.5. The smallest absolute Gasteiger partial charge is 0.255 e. The van der Waals surface area contributed by atoms with Crippen LogP contribution in [0.25, 0.3) is 16.9 Å². The van der Waals surface area contributed by atoms with Crippen LogP contribution in [0.3, 0.4) is 0 Å². The molecule has 210 valence electrons. The highest BCUT2D eigenvalue weighted by Crippen LogP contribution is 2.27. The average Bonchev–Trinajstić information content (AvgIpc) is 3.45. The Hall–Kier alpha value is -4.53. The van der Waals surface area contributed by atoms with Crippen LogP contribution in [0.2, 0.25) is 0 Å². The Balaban J connectivity index is 1.33. The lowest BCUT2D eigenvalue weighted by molar-refractivity contribution is 0.102. The Morgan fingerprint density at radius 2 is 1.76 bits per heavy atom. The van der Waals surface area contributed by atoms with Crippen LogP contribution in [0.1, 0.15) is 42.3 Å². The van der Waals surface area contributed by atoms with Gasteiger partial charge in [-0.3, -0.25) is 4.79 Å². The number of rotatable bonds is 10. The molecule has 0 atom stereocenters. The number of methoxy groups -OCH3 is 1. The second-order valence-corrected chi connectivity index (χ2v) is 11.0. The minimum Gasteiger partial charge on any atom is -0.383 e. The summed E-state index contributed by atoms with van der Waals surface area (Å²) in [5, 5.41) is 9.81. The molecule has 0 fully saturated rings. The van der Waals surface area contributed by atoms with Gasteiger partial charge in [-0.2, -0.15) is 0 Å². The maximum Gasteiger partial charge on any atom is 0.255 e.